The third-order valence-electron chi connectivity index (χ3n) is 2.77. The fourth-order valence-corrected chi connectivity index (χ4v) is 1.69. The lowest BCUT2D eigenvalue weighted by atomic mass is 10.1. The molecule has 1 rings (SSSR count). The second-order valence-corrected chi connectivity index (χ2v) is 4.15. The van der Waals surface area contributed by atoms with E-state index in [9.17, 15) is 20.0 Å². The Hall–Kier alpha value is -2.66. The number of hydrogen-bond donors (Lipinski definition) is 1. The summed E-state index contributed by atoms with van der Waals surface area (Å²) in [5.74, 6) is -0.995. The number of phenols is 1. The summed E-state index contributed by atoms with van der Waals surface area (Å²) >= 11 is 0. The number of phenolic OH excluding ortho intramolecular Hbond substituents is 1. The maximum atomic E-state index is 12.3. The summed E-state index contributed by atoms with van der Waals surface area (Å²) in [6.07, 6.45) is 0.161. The molecule has 0 aliphatic carbocycles. The molecule has 0 aliphatic rings. The van der Waals surface area contributed by atoms with E-state index in [1.807, 2.05) is 6.07 Å². The van der Waals surface area contributed by atoms with Gasteiger partial charge >= 0.3 is 5.69 Å². The first-order valence-corrected chi connectivity index (χ1v) is 6.13. The summed E-state index contributed by atoms with van der Waals surface area (Å²) in [4.78, 5) is 23.5. The highest BCUT2D eigenvalue weighted by Gasteiger charge is 2.19. The lowest BCUT2D eigenvalue weighted by Gasteiger charge is -2.21. The third-order valence-corrected chi connectivity index (χ3v) is 2.77. The van der Waals surface area contributed by atoms with Gasteiger partial charge in [0.1, 0.15) is 0 Å². The van der Waals surface area contributed by atoms with Gasteiger partial charge in [-0.1, -0.05) is 0 Å². The molecule has 0 aliphatic heterocycles. The molecule has 1 aromatic carbocycles. The molecule has 0 saturated heterocycles. The van der Waals surface area contributed by atoms with Crippen molar-refractivity contribution >= 4 is 11.6 Å². The number of rotatable bonds is 7. The van der Waals surface area contributed by atoms with Crippen molar-refractivity contribution in [1.29, 1.82) is 5.26 Å². The number of carbonyl (C=O) groups excluding carboxylic acids is 1. The summed E-state index contributed by atoms with van der Waals surface area (Å²) in [6, 6.07) is 5.33. The second-order valence-electron chi connectivity index (χ2n) is 4.15. The summed E-state index contributed by atoms with van der Waals surface area (Å²) in [7, 11) is 1.49. The number of ether oxygens (including phenoxy) is 1. The smallest absolute Gasteiger partial charge is 0.310 e. The average Bonchev–Trinajstić information content (AvgIpc) is 2.46. The van der Waals surface area contributed by atoms with Gasteiger partial charge in [-0.15, -0.1) is 0 Å². The molecule has 21 heavy (non-hydrogen) atoms. The van der Waals surface area contributed by atoms with Crippen LogP contribution in [0.5, 0.6) is 5.75 Å². The van der Waals surface area contributed by atoms with E-state index in [0.29, 0.717) is 6.61 Å². The number of benzene rings is 1. The Kier molecular flexibility index (Phi) is 6.10. The zero-order valence-electron chi connectivity index (χ0n) is 11.5. The molecule has 0 heterocycles. The first kappa shape index (κ1) is 16.4. The summed E-state index contributed by atoms with van der Waals surface area (Å²) in [5.41, 5.74) is -0.348. The van der Waals surface area contributed by atoms with Crippen molar-refractivity contribution < 1.29 is 19.6 Å². The van der Waals surface area contributed by atoms with Crippen molar-refractivity contribution in [1.82, 2.24) is 4.90 Å². The Morgan fingerprint density at radius 2 is 2.24 bits per heavy atom. The molecule has 1 aromatic rings. The van der Waals surface area contributed by atoms with Gasteiger partial charge in [0.15, 0.2) is 5.75 Å². The van der Waals surface area contributed by atoms with E-state index in [-0.39, 0.29) is 25.1 Å². The van der Waals surface area contributed by atoms with Crippen LogP contribution in [-0.2, 0) is 4.74 Å². The monoisotopic (exact) mass is 293 g/mol. The van der Waals surface area contributed by atoms with Crippen molar-refractivity contribution in [3.8, 4) is 11.8 Å². The Labute approximate surface area is 121 Å². The van der Waals surface area contributed by atoms with Gasteiger partial charge in [-0.05, 0) is 12.1 Å². The van der Waals surface area contributed by atoms with Crippen LogP contribution in [0.2, 0.25) is 0 Å². The Bertz CT molecular complexity index is 567. The van der Waals surface area contributed by atoms with E-state index in [0.717, 1.165) is 12.1 Å². The maximum absolute atomic E-state index is 12.3. The van der Waals surface area contributed by atoms with Gasteiger partial charge in [0, 0.05) is 31.8 Å². The van der Waals surface area contributed by atoms with E-state index < -0.39 is 22.3 Å². The molecule has 0 unspecified atom stereocenters. The second kappa shape index (κ2) is 7.81. The van der Waals surface area contributed by atoms with Gasteiger partial charge in [0.05, 0.1) is 24.0 Å². The quantitative estimate of drug-likeness (QED) is 0.598. The molecule has 1 amide bonds. The number of carbonyl (C=O) groups is 1. The normalized spacial score (nSPS) is 9.90. The molecule has 0 fully saturated rings. The van der Waals surface area contributed by atoms with Gasteiger partial charge in [-0.25, -0.2) is 0 Å². The van der Waals surface area contributed by atoms with Crippen LogP contribution in [0.1, 0.15) is 16.8 Å². The number of methoxy groups -OCH3 is 1. The first-order valence-electron chi connectivity index (χ1n) is 6.13. The van der Waals surface area contributed by atoms with Gasteiger partial charge in [-0.2, -0.15) is 5.26 Å². The van der Waals surface area contributed by atoms with Crippen LogP contribution >= 0.6 is 0 Å². The fourth-order valence-electron chi connectivity index (χ4n) is 1.69. The van der Waals surface area contributed by atoms with Crippen molar-refractivity contribution in [2.24, 2.45) is 0 Å². The topological polar surface area (TPSA) is 117 Å². The lowest BCUT2D eigenvalue weighted by molar-refractivity contribution is -0.385. The van der Waals surface area contributed by atoms with Crippen molar-refractivity contribution in [2.75, 3.05) is 26.8 Å². The minimum absolute atomic E-state index is 0.118. The number of aromatic hydroxyl groups is 1. The van der Waals surface area contributed by atoms with Crippen molar-refractivity contribution in [3.05, 3.63) is 33.9 Å². The fraction of sp³-hybridized carbons (Fsp3) is 0.385. The summed E-state index contributed by atoms with van der Waals surface area (Å²) < 4.78 is 4.90. The van der Waals surface area contributed by atoms with Crippen molar-refractivity contribution in [2.45, 2.75) is 6.42 Å². The zero-order valence-corrected chi connectivity index (χ0v) is 11.5. The number of nitro benzene ring substituents is 1. The standard InChI is InChI=1S/C13H15N3O5/c1-21-8-7-15(6-2-5-14)13(18)10-3-4-11(16(19)20)12(17)9-10/h3-4,9,17H,2,6-8H2,1H3. The van der Waals surface area contributed by atoms with Crippen molar-refractivity contribution in [3.63, 3.8) is 0 Å². The van der Waals surface area contributed by atoms with Crippen LogP contribution in [0.4, 0.5) is 5.69 Å². The highest BCUT2D eigenvalue weighted by Crippen LogP contribution is 2.26. The molecule has 8 heteroatoms. The number of nitro groups is 1. The number of hydrogen-bond acceptors (Lipinski definition) is 6. The van der Waals surface area contributed by atoms with E-state index >= 15 is 0 Å². The van der Waals surface area contributed by atoms with Gasteiger partial charge in [0.25, 0.3) is 5.91 Å². The predicted molar refractivity (Wildman–Crippen MR) is 72.8 cm³/mol. The molecular formula is C13H15N3O5. The summed E-state index contributed by atoms with van der Waals surface area (Å²) in [6.45, 7) is 0.807. The highest BCUT2D eigenvalue weighted by molar-refractivity contribution is 5.95. The van der Waals surface area contributed by atoms with Crippen LogP contribution in [0.3, 0.4) is 0 Å². The minimum Gasteiger partial charge on any atom is -0.502 e. The molecule has 1 N–H and O–H groups in total. The Morgan fingerprint density at radius 1 is 1.52 bits per heavy atom. The zero-order chi connectivity index (χ0) is 15.8. The predicted octanol–water partition coefficient (Wildman–Crippen LogP) is 1.30. The number of nitrogens with zero attached hydrogens (tertiary/aromatic N) is 3. The van der Waals surface area contributed by atoms with Crippen LogP contribution in [-0.4, -0.2) is 47.6 Å². The maximum Gasteiger partial charge on any atom is 0.310 e. The molecular weight excluding hydrogens is 278 g/mol. The highest BCUT2D eigenvalue weighted by atomic mass is 16.6. The van der Waals surface area contributed by atoms with Gasteiger partial charge in [-0.3, -0.25) is 14.9 Å². The first-order chi connectivity index (χ1) is 10.0. The largest absolute Gasteiger partial charge is 0.502 e. The molecule has 0 atom stereocenters. The number of nitriles is 1. The molecule has 0 spiro atoms. The van der Waals surface area contributed by atoms with E-state index in [1.165, 1.54) is 18.1 Å². The van der Waals surface area contributed by atoms with Crippen LogP contribution in [0.15, 0.2) is 18.2 Å². The van der Waals surface area contributed by atoms with Gasteiger partial charge in [0.2, 0.25) is 0 Å². The van der Waals surface area contributed by atoms with E-state index in [2.05, 4.69) is 0 Å². The minimum atomic E-state index is -0.734. The SMILES string of the molecule is COCCN(CCC#N)C(=O)c1ccc([N+](=O)[O-])c(O)c1. The van der Waals surface area contributed by atoms with Crippen LogP contribution in [0.25, 0.3) is 0 Å². The van der Waals surface area contributed by atoms with Crippen LogP contribution in [0, 0.1) is 21.4 Å². The number of amides is 1. The Balaban J connectivity index is 2.94. The van der Waals surface area contributed by atoms with E-state index in [1.54, 1.807) is 0 Å². The van der Waals surface area contributed by atoms with Gasteiger partial charge < -0.3 is 14.7 Å². The third kappa shape index (κ3) is 4.43. The molecule has 0 radical (unpaired) electrons. The molecule has 0 aromatic heterocycles. The molecule has 0 saturated carbocycles. The molecule has 112 valence electrons. The lowest BCUT2D eigenvalue weighted by Crippen LogP contribution is -2.34. The van der Waals surface area contributed by atoms with Crippen LogP contribution < -0.4 is 0 Å². The Morgan fingerprint density at radius 3 is 2.76 bits per heavy atom. The molecule has 8 nitrogen and oxygen atoms in total. The summed E-state index contributed by atoms with van der Waals surface area (Å²) in [5, 5.41) is 28.8. The van der Waals surface area contributed by atoms with E-state index in [4.69, 9.17) is 10.00 Å². The molecule has 0 bridgehead atoms. The average molecular weight is 293 g/mol.